The molecule has 1 saturated heterocycles. The van der Waals surface area contributed by atoms with E-state index >= 15 is 0 Å². The maximum atomic E-state index is 12.4. The molecule has 2 amide bonds. The number of amides is 2. The Morgan fingerprint density at radius 2 is 1.96 bits per heavy atom. The average Bonchev–Trinajstić information content (AvgIpc) is 3.09. The number of rotatable bonds is 5. The van der Waals surface area contributed by atoms with Crippen LogP contribution in [0.3, 0.4) is 0 Å². The largest absolute Gasteiger partial charge is 0.355 e. The number of carbonyl (C=O) groups is 2. The maximum Gasteiger partial charge on any atom is 0.340 e. The van der Waals surface area contributed by atoms with Crippen molar-refractivity contribution in [3.63, 3.8) is 0 Å². The van der Waals surface area contributed by atoms with Gasteiger partial charge in [0.05, 0.1) is 0 Å². The number of carbonyl (C=O) groups excluding carboxylic acids is 2. The molecule has 0 spiro atoms. The lowest BCUT2D eigenvalue weighted by Gasteiger charge is -2.31. The summed E-state index contributed by atoms with van der Waals surface area (Å²) in [5, 5.41) is 9.28. The molecule has 1 aromatic rings. The van der Waals surface area contributed by atoms with Gasteiger partial charge in [-0.3, -0.25) is 14.6 Å². The van der Waals surface area contributed by atoms with Gasteiger partial charge in [-0.05, 0) is 25.7 Å². The lowest BCUT2D eigenvalue weighted by Crippen LogP contribution is -2.41. The number of H-pyrrole nitrogens is 2. The fraction of sp³-hybridized carbons (Fsp3) is 0.765. The van der Waals surface area contributed by atoms with Crippen molar-refractivity contribution in [1.82, 2.24) is 25.4 Å². The summed E-state index contributed by atoms with van der Waals surface area (Å²) in [6.45, 7) is 1.69. The van der Waals surface area contributed by atoms with E-state index in [1.807, 2.05) is 4.90 Å². The number of aromatic amines is 2. The summed E-state index contributed by atoms with van der Waals surface area (Å²) >= 11 is 0. The molecule has 0 aromatic carbocycles. The monoisotopic (exact) mass is 349 g/mol. The van der Waals surface area contributed by atoms with Gasteiger partial charge in [0.2, 0.25) is 11.8 Å². The summed E-state index contributed by atoms with van der Waals surface area (Å²) < 4.78 is 0. The van der Waals surface area contributed by atoms with Crippen LogP contribution >= 0.6 is 0 Å². The number of nitrogens with zero attached hydrogens (tertiary/aromatic N) is 2. The lowest BCUT2D eigenvalue weighted by molar-refractivity contribution is -0.132. The molecule has 1 saturated carbocycles. The smallest absolute Gasteiger partial charge is 0.340 e. The molecule has 2 fully saturated rings. The van der Waals surface area contributed by atoms with E-state index < -0.39 is 0 Å². The first-order valence-electron chi connectivity index (χ1n) is 9.33. The molecule has 3 N–H and O–H groups in total. The Morgan fingerprint density at radius 3 is 2.68 bits per heavy atom. The van der Waals surface area contributed by atoms with E-state index in [1.54, 1.807) is 0 Å². The minimum absolute atomic E-state index is 0.0477. The van der Waals surface area contributed by atoms with Crippen LogP contribution in [0, 0.1) is 5.92 Å². The molecule has 25 heavy (non-hydrogen) atoms. The third kappa shape index (κ3) is 4.70. The molecular formula is C17H27N5O3. The second kappa shape index (κ2) is 8.31. The number of piperidine rings is 1. The predicted molar refractivity (Wildman–Crippen MR) is 92.0 cm³/mol. The summed E-state index contributed by atoms with van der Waals surface area (Å²) in [7, 11) is 0. The van der Waals surface area contributed by atoms with Gasteiger partial charge in [0.25, 0.3) is 0 Å². The fourth-order valence-electron chi connectivity index (χ4n) is 3.86. The van der Waals surface area contributed by atoms with Gasteiger partial charge >= 0.3 is 5.69 Å². The molecule has 0 bridgehead atoms. The minimum Gasteiger partial charge on any atom is -0.355 e. The van der Waals surface area contributed by atoms with Gasteiger partial charge in [-0.15, -0.1) is 0 Å². The zero-order chi connectivity index (χ0) is 17.6. The van der Waals surface area contributed by atoms with Crippen LogP contribution in [0.15, 0.2) is 4.79 Å². The predicted octanol–water partition coefficient (Wildman–Crippen LogP) is 0.891. The number of likely N-dealkylation sites (tertiary alicyclic amines) is 1. The van der Waals surface area contributed by atoms with E-state index in [0.29, 0.717) is 25.3 Å². The highest BCUT2D eigenvalue weighted by Gasteiger charge is 2.27. The molecule has 2 heterocycles. The highest BCUT2D eigenvalue weighted by molar-refractivity contribution is 5.80. The average molecular weight is 349 g/mol. The van der Waals surface area contributed by atoms with Gasteiger partial charge in [0.1, 0.15) is 5.82 Å². The van der Waals surface area contributed by atoms with E-state index in [-0.39, 0.29) is 29.3 Å². The second-order valence-electron chi connectivity index (χ2n) is 7.12. The standard InChI is InChI=1S/C17H27N5O3/c23-14(8-9-18-16(24)12-5-2-1-3-6-12)22-10-4-7-13(11-22)15-19-17(25)21-20-15/h12-13H,1-11H2,(H,18,24)(H2,19,20,21,25)/t13-/m0/s1. The SMILES string of the molecule is O=C(NCCC(=O)N1CCC[C@H](c2n[nH]c(=O)[nH]2)C1)C1CCCCC1. The number of nitrogens with one attached hydrogen (secondary N) is 3. The third-order valence-corrected chi connectivity index (χ3v) is 5.29. The first-order chi connectivity index (χ1) is 12.1. The zero-order valence-electron chi connectivity index (χ0n) is 14.6. The number of hydrogen-bond acceptors (Lipinski definition) is 4. The molecule has 1 aliphatic carbocycles. The first kappa shape index (κ1) is 17.7. The Morgan fingerprint density at radius 1 is 1.16 bits per heavy atom. The summed E-state index contributed by atoms with van der Waals surface area (Å²) in [6, 6.07) is 0. The molecular weight excluding hydrogens is 322 g/mol. The second-order valence-corrected chi connectivity index (χ2v) is 7.12. The quantitative estimate of drug-likeness (QED) is 0.733. The normalized spacial score (nSPS) is 21.9. The Kier molecular flexibility index (Phi) is 5.88. The van der Waals surface area contributed by atoms with Gasteiger partial charge in [-0.25, -0.2) is 9.89 Å². The van der Waals surface area contributed by atoms with Crippen molar-refractivity contribution in [2.75, 3.05) is 19.6 Å². The minimum atomic E-state index is -0.316. The summed E-state index contributed by atoms with van der Waals surface area (Å²) in [5.41, 5.74) is -0.316. The third-order valence-electron chi connectivity index (χ3n) is 5.29. The Bertz CT molecular complexity index is 647. The van der Waals surface area contributed by atoms with Crippen molar-refractivity contribution in [2.24, 2.45) is 5.92 Å². The molecule has 1 aromatic heterocycles. The van der Waals surface area contributed by atoms with Crippen LogP contribution in [0.4, 0.5) is 0 Å². The van der Waals surface area contributed by atoms with Gasteiger partial charge < -0.3 is 10.2 Å². The molecule has 1 atom stereocenters. The van der Waals surface area contributed by atoms with Gasteiger partial charge in [0.15, 0.2) is 0 Å². The van der Waals surface area contributed by atoms with Crippen LogP contribution in [0.1, 0.15) is 63.1 Å². The molecule has 1 aliphatic heterocycles. The fourth-order valence-corrected chi connectivity index (χ4v) is 3.86. The highest BCUT2D eigenvalue weighted by atomic mass is 16.2. The topological polar surface area (TPSA) is 111 Å². The van der Waals surface area contributed by atoms with Crippen LogP contribution < -0.4 is 11.0 Å². The van der Waals surface area contributed by atoms with Gasteiger partial charge in [0, 0.05) is 37.9 Å². The molecule has 2 aliphatic rings. The highest BCUT2D eigenvalue weighted by Crippen LogP contribution is 2.24. The van der Waals surface area contributed by atoms with Crippen LogP contribution in [0.5, 0.6) is 0 Å². The van der Waals surface area contributed by atoms with E-state index in [0.717, 1.165) is 45.1 Å². The molecule has 0 radical (unpaired) electrons. The van der Waals surface area contributed by atoms with Crippen LogP contribution in [0.2, 0.25) is 0 Å². The zero-order valence-corrected chi connectivity index (χ0v) is 14.6. The van der Waals surface area contributed by atoms with E-state index in [2.05, 4.69) is 20.5 Å². The Hall–Kier alpha value is -2.12. The van der Waals surface area contributed by atoms with Crippen molar-refractivity contribution < 1.29 is 9.59 Å². The van der Waals surface area contributed by atoms with E-state index in [1.165, 1.54) is 6.42 Å². The van der Waals surface area contributed by atoms with Crippen molar-refractivity contribution in [3.05, 3.63) is 16.3 Å². The Labute approximate surface area is 146 Å². The van der Waals surface area contributed by atoms with Crippen molar-refractivity contribution >= 4 is 11.8 Å². The molecule has 3 rings (SSSR count). The van der Waals surface area contributed by atoms with Gasteiger partial charge in [-0.1, -0.05) is 19.3 Å². The molecule has 0 unspecified atom stereocenters. The van der Waals surface area contributed by atoms with E-state index in [9.17, 15) is 14.4 Å². The van der Waals surface area contributed by atoms with Crippen LogP contribution in [0.25, 0.3) is 0 Å². The first-order valence-corrected chi connectivity index (χ1v) is 9.33. The van der Waals surface area contributed by atoms with Gasteiger partial charge in [-0.2, -0.15) is 5.10 Å². The molecule has 138 valence electrons. The molecule has 8 nitrogen and oxygen atoms in total. The summed E-state index contributed by atoms with van der Waals surface area (Å²) in [4.78, 5) is 40.2. The summed E-state index contributed by atoms with van der Waals surface area (Å²) in [5.74, 6) is 0.950. The molecule has 8 heteroatoms. The van der Waals surface area contributed by atoms with E-state index in [4.69, 9.17) is 0 Å². The van der Waals surface area contributed by atoms with Crippen LogP contribution in [-0.2, 0) is 9.59 Å². The van der Waals surface area contributed by atoms with Crippen LogP contribution in [-0.4, -0.2) is 51.5 Å². The van der Waals surface area contributed by atoms with Crippen molar-refractivity contribution in [3.8, 4) is 0 Å². The maximum absolute atomic E-state index is 12.4. The summed E-state index contributed by atoms with van der Waals surface area (Å²) in [6.07, 6.45) is 7.53. The number of aromatic nitrogens is 3. The Balaban J connectivity index is 1.43. The number of hydrogen-bond donors (Lipinski definition) is 3. The van der Waals surface area contributed by atoms with Crippen molar-refractivity contribution in [2.45, 2.75) is 57.3 Å². The lowest BCUT2D eigenvalue weighted by atomic mass is 9.89. The van der Waals surface area contributed by atoms with Crippen molar-refractivity contribution in [1.29, 1.82) is 0 Å².